The van der Waals surface area contributed by atoms with Crippen LogP contribution in [0.15, 0.2) is 0 Å². The highest BCUT2D eigenvalue weighted by atomic mass is 16.3. The third-order valence-corrected chi connectivity index (χ3v) is 0.828. The van der Waals surface area contributed by atoms with Crippen molar-refractivity contribution in [3.05, 3.63) is 0 Å². The van der Waals surface area contributed by atoms with Crippen molar-refractivity contribution in [2.45, 2.75) is 25.9 Å². The number of hydrogen-bond acceptors (Lipinski definition) is 4. The van der Waals surface area contributed by atoms with E-state index in [-0.39, 0.29) is 13.2 Å². The molecule has 0 aliphatic carbocycles. The van der Waals surface area contributed by atoms with E-state index in [4.69, 9.17) is 15.3 Å². The molecule has 0 aliphatic rings. The van der Waals surface area contributed by atoms with Crippen LogP contribution in [0.2, 0.25) is 0 Å². The van der Waals surface area contributed by atoms with E-state index in [1.165, 1.54) is 0 Å². The van der Waals surface area contributed by atoms with Crippen LogP contribution in [-0.2, 0) is 4.79 Å². The third-order valence-electron chi connectivity index (χ3n) is 0.828. The molecule has 0 rings (SSSR count). The lowest BCUT2D eigenvalue weighted by molar-refractivity contribution is -0.107. The first-order valence-electron chi connectivity index (χ1n) is 3.56. The quantitative estimate of drug-likeness (QED) is 0.481. The number of carbonyl (C=O) groups excluding carboxylic acids is 1. The molecule has 4 heteroatoms. The summed E-state index contributed by atoms with van der Waals surface area (Å²) < 4.78 is 0. The summed E-state index contributed by atoms with van der Waals surface area (Å²) in [6, 6.07) is 0. The molecule has 0 aromatic carbocycles. The first-order chi connectivity index (χ1) is 5.22. The van der Waals surface area contributed by atoms with Crippen LogP contribution in [-0.4, -0.2) is 40.9 Å². The largest absolute Gasteiger partial charge is 0.394 e. The molecule has 0 saturated carbocycles. The Hall–Kier alpha value is -0.450. The zero-order valence-electron chi connectivity index (χ0n) is 6.73. The lowest BCUT2D eigenvalue weighted by Crippen LogP contribution is -2.15. The first kappa shape index (κ1) is 13.2. The van der Waals surface area contributed by atoms with Gasteiger partial charge in [0.25, 0.3) is 0 Å². The van der Waals surface area contributed by atoms with Gasteiger partial charge in [0.15, 0.2) is 0 Å². The van der Waals surface area contributed by atoms with E-state index in [0.29, 0.717) is 6.42 Å². The zero-order valence-corrected chi connectivity index (χ0v) is 6.73. The van der Waals surface area contributed by atoms with E-state index in [1.807, 2.05) is 6.92 Å². The van der Waals surface area contributed by atoms with E-state index < -0.39 is 6.10 Å². The summed E-state index contributed by atoms with van der Waals surface area (Å²) in [6.07, 6.45) is 1.66. The molecular formula is C7H16O4. The van der Waals surface area contributed by atoms with Gasteiger partial charge in [0.05, 0.1) is 13.2 Å². The highest BCUT2D eigenvalue weighted by Crippen LogP contribution is 1.74. The Labute approximate surface area is 66.5 Å². The van der Waals surface area contributed by atoms with Crippen molar-refractivity contribution >= 4 is 6.29 Å². The molecular weight excluding hydrogens is 148 g/mol. The Balaban J connectivity index is 0. The molecule has 0 unspecified atom stereocenters. The van der Waals surface area contributed by atoms with Crippen LogP contribution < -0.4 is 0 Å². The topological polar surface area (TPSA) is 77.8 Å². The number of carbonyl (C=O) groups is 1. The molecule has 0 amide bonds. The maximum Gasteiger partial charge on any atom is 0.119 e. The fourth-order valence-electron chi connectivity index (χ4n) is 0.176. The molecule has 0 aromatic heterocycles. The average molecular weight is 164 g/mol. The second-order valence-electron chi connectivity index (χ2n) is 1.97. The minimum absolute atomic E-state index is 0.365. The summed E-state index contributed by atoms with van der Waals surface area (Å²) >= 11 is 0. The van der Waals surface area contributed by atoms with Gasteiger partial charge in [-0.15, -0.1) is 0 Å². The molecule has 0 radical (unpaired) electrons. The monoisotopic (exact) mass is 164 g/mol. The van der Waals surface area contributed by atoms with Gasteiger partial charge in [-0.05, 0) is 6.42 Å². The van der Waals surface area contributed by atoms with Gasteiger partial charge in [0.1, 0.15) is 12.4 Å². The van der Waals surface area contributed by atoms with Crippen molar-refractivity contribution in [2.75, 3.05) is 13.2 Å². The third kappa shape index (κ3) is 17.7. The Morgan fingerprint density at radius 3 is 1.82 bits per heavy atom. The zero-order chi connectivity index (χ0) is 9.11. The van der Waals surface area contributed by atoms with Crippen molar-refractivity contribution in [1.29, 1.82) is 0 Å². The Bertz CT molecular complexity index is 70.8. The predicted molar refractivity (Wildman–Crippen MR) is 41.2 cm³/mol. The lowest BCUT2D eigenvalue weighted by Gasteiger charge is -1.96. The van der Waals surface area contributed by atoms with Crippen molar-refractivity contribution in [3.63, 3.8) is 0 Å². The molecule has 0 aliphatic heterocycles. The molecule has 0 aromatic rings. The second kappa shape index (κ2) is 12.2. The van der Waals surface area contributed by atoms with E-state index in [9.17, 15) is 4.79 Å². The molecule has 3 N–H and O–H groups in total. The lowest BCUT2D eigenvalue weighted by atomic mass is 10.4. The summed E-state index contributed by atoms with van der Waals surface area (Å²) in [5.74, 6) is 0. The first-order valence-corrected chi connectivity index (χ1v) is 3.56. The van der Waals surface area contributed by atoms with Crippen LogP contribution in [0.4, 0.5) is 0 Å². The fraction of sp³-hybridized carbons (Fsp3) is 0.857. The number of unbranched alkanes of at least 4 members (excludes halogenated alkanes) is 1. The summed E-state index contributed by atoms with van der Waals surface area (Å²) in [6.45, 7) is 1.25. The number of hydrogen-bond donors (Lipinski definition) is 3. The average Bonchev–Trinajstić information content (AvgIpc) is 2.06. The minimum atomic E-state index is -0.954. The van der Waals surface area contributed by atoms with Gasteiger partial charge in [0, 0.05) is 6.42 Å². The van der Waals surface area contributed by atoms with Crippen molar-refractivity contribution in [1.82, 2.24) is 0 Å². The molecule has 0 bridgehead atoms. The molecule has 4 nitrogen and oxygen atoms in total. The smallest absolute Gasteiger partial charge is 0.119 e. The number of aldehydes is 1. The number of aliphatic hydroxyl groups excluding tert-OH is 3. The SMILES string of the molecule is CCCC=O.OCC(O)CO. The van der Waals surface area contributed by atoms with Crippen LogP contribution in [0.1, 0.15) is 19.8 Å². The molecule has 0 spiro atoms. The molecule has 11 heavy (non-hydrogen) atoms. The summed E-state index contributed by atoms with van der Waals surface area (Å²) in [7, 11) is 0. The van der Waals surface area contributed by atoms with E-state index in [1.54, 1.807) is 0 Å². The summed E-state index contributed by atoms with van der Waals surface area (Å²) in [5.41, 5.74) is 0. The molecule has 0 saturated heterocycles. The van der Waals surface area contributed by atoms with Gasteiger partial charge in [-0.2, -0.15) is 0 Å². The fourth-order valence-corrected chi connectivity index (χ4v) is 0.176. The Morgan fingerprint density at radius 1 is 1.36 bits per heavy atom. The molecule has 0 atom stereocenters. The number of rotatable bonds is 4. The van der Waals surface area contributed by atoms with Crippen molar-refractivity contribution in [2.24, 2.45) is 0 Å². The van der Waals surface area contributed by atoms with Gasteiger partial charge in [-0.1, -0.05) is 6.92 Å². The van der Waals surface area contributed by atoms with Crippen LogP contribution in [0, 0.1) is 0 Å². The van der Waals surface area contributed by atoms with Crippen LogP contribution >= 0.6 is 0 Å². The molecule has 0 heterocycles. The van der Waals surface area contributed by atoms with Crippen LogP contribution in [0.3, 0.4) is 0 Å². The molecule has 0 fully saturated rings. The normalized spacial score (nSPS) is 8.82. The van der Waals surface area contributed by atoms with Gasteiger partial charge in [-0.3, -0.25) is 0 Å². The Kier molecular flexibility index (Phi) is 14.7. The van der Waals surface area contributed by atoms with Gasteiger partial charge < -0.3 is 20.1 Å². The van der Waals surface area contributed by atoms with E-state index in [2.05, 4.69) is 0 Å². The maximum absolute atomic E-state index is 9.40. The van der Waals surface area contributed by atoms with Crippen molar-refractivity contribution in [3.8, 4) is 0 Å². The van der Waals surface area contributed by atoms with Gasteiger partial charge in [0.2, 0.25) is 0 Å². The standard InChI is InChI=1S/C4H8O.C3H8O3/c1-2-3-4-5;4-1-3(6)2-5/h4H,2-3H2,1H3;3-6H,1-2H2. The summed E-state index contributed by atoms with van der Waals surface area (Å²) in [5, 5.41) is 24.0. The Morgan fingerprint density at radius 2 is 1.82 bits per heavy atom. The number of aliphatic hydroxyl groups is 3. The highest BCUT2D eigenvalue weighted by Gasteiger charge is 1.93. The van der Waals surface area contributed by atoms with Crippen LogP contribution in [0.25, 0.3) is 0 Å². The summed E-state index contributed by atoms with van der Waals surface area (Å²) in [4.78, 5) is 9.40. The molecule has 68 valence electrons. The maximum atomic E-state index is 9.40. The highest BCUT2D eigenvalue weighted by molar-refractivity contribution is 5.48. The van der Waals surface area contributed by atoms with Gasteiger partial charge >= 0.3 is 0 Å². The minimum Gasteiger partial charge on any atom is -0.394 e. The van der Waals surface area contributed by atoms with Crippen molar-refractivity contribution < 1.29 is 20.1 Å². The van der Waals surface area contributed by atoms with E-state index in [0.717, 1.165) is 12.7 Å². The predicted octanol–water partition coefficient (Wildman–Crippen LogP) is -0.683. The van der Waals surface area contributed by atoms with E-state index >= 15 is 0 Å². The van der Waals surface area contributed by atoms with Crippen LogP contribution in [0.5, 0.6) is 0 Å². The second-order valence-corrected chi connectivity index (χ2v) is 1.97. The van der Waals surface area contributed by atoms with Gasteiger partial charge in [-0.25, -0.2) is 0 Å².